The van der Waals surface area contributed by atoms with Gasteiger partial charge in [-0.25, -0.2) is 4.79 Å². The zero-order valence-electron chi connectivity index (χ0n) is 9.02. The normalized spacial score (nSPS) is 12.5. The highest BCUT2D eigenvalue weighted by molar-refractivity contribution is 8.01. The highest BCUT2D eigenvalue weighted by Gasteiger charge is 2.15. The van der Waals surface area contributed by atoms with E-state index in [4.69, 9.17) is 4.74 Å². The summed E-state index contributed by atoms with van der Waals surface area (Å²) in [5, 5.41) is 8.56. The molecule has 0 aliphatic rings. The molecule has 1 rings (SSSR count). The van der Waals surface area contributed by atoms with E-state index >= 15 is 0 Å². The fraction of sp³-hybridized carbons (Fsp3) is 0.667. The minimum absolute atomic E-state index is 0.336. The summed E-state index contributed by atoms with van der Waals surface area (Å²) in [6, 6.07) is 0. The van der Waals surface area contributed by atoms with Crippen LogP contribution in [-0.4, -0.2) is 28.0 Å². The molecule has 84 valence electrons. The number of hydrogen-bond acceptors (Lipinski definition) is 6. The van der Waals surface area contributed by atoms with E-state index in [-0.39, 0.29) is 5.97 Å². The summed E-state index contributed by atoms with van der Waals surface area (Å²) in [7, 11) is 0. The lowest BCUT2D eigenvalue weighted by Crippen LogP contribution is -2.03. The quantitative estimate of drug-likeness (QED) is 0.590. The molecule has 0 aliphatic carbocycles. The van der Waals surface area contributed by atoms with Crippen molar-refractivity contribution in [3.63, 3.8) is 0 Å². The molecular formula is C9H14N2O2S2. The summed E-state index contributed by atoms with van der Waals surface area (Å²) in [5.41, 5.74) is 0. The van der Waals surface area contributed by atoms with E-state index in [1.807, 2.05) is 0 Å². The summed E-state index contributed by atoms with van der Waals surface area (Å²) in [4.78, 5) is 11.3. The van der Waals surface area contributed by atoms with E-state index in [9.17, 15) is 4.79 Å². The maximum absolute atomic E-state index is 11.3. The topological polar surface area (TPSA) is 52.1 Å². The van der Waals surface area contributed by atoms with Gasteiger partial charge in [0, 0.05) is 5.25 Å². The molecule has 1 atom stereocenters. The maximum atomic E-state index is 11.3. The van der Waals surface area contributed by atoms with Gasteiger partial charge in [-0.3, -0.25) is 0 Å². The molecule has 0 radical (unpaired) electrons. The molecule has 0 aliphatic heterocycles. The molecule has 6 heteroatoms. The van der Waals surface area contributed by atoms with Crippen LogP contribution in [0.4, 0.5) is 0 Å². The maximum Gasteiger partial charge on any atom is 0.369 e. The summed E-state index contributed by atoms with van der Waals surface area (Å²) >= 11 is 2.93. The van der Waals surface area contributed by atoms with Crippen molar-refractivity contribution in [1.29, 1.82) is 0 Å². The lowest BCUT2D eigenvalue weighted by atomic mass is 10.4. The fourth-order valence-electron chi connectivity index (χ4n) is 0.788. The van der Waals surface area contributed by atoms with Crippen molar-refractivity contribution < 1.29 is 9.53 Å². The number of aromatic nitrogens is 2. The van der Waals surface area contributed by atoms with Crippen molar-refractivity contribution in [3.8, 4) is 0 Å². The first-order valence-corrected chi connectivity index (χ1v) is 6.54. The summed E-state index contributed by atoms with van der Waals surface area (Å²) in [5.74, 6) is -0.383. The molecule has 0 amide bonds. The van der Waals surface area contributed by atoms with Gasteiger partial charge in [-0.15, -0.1) is 10.2 Å². The molecule has 4 nitrogen and oxygen atoms in total. The van der Waals surface area contributed by atoms with E-state index in [1.165, 1.54) is 11.3 Å². The minimum Gasteiger partial charge on any atom is -0.461 e. The van der Waals surface area contributed by atoms with E-state index in [0.29, 0.717) is 16.9 Å². The predicted molar refractivity (Wildman–Crippen MR) is 61.5 cm³/mol. The van der Waals surface area contributed by atoms with Crippen LogP contribution >= 0.6 is 23.1 Å². The zero-order valence-corrected chi connectivity index (χ0v) is 10.7. The van der Waals surface area contributed by atoms with Gasteiger partial charge in [-0.2, -0.15) is 0 Å². The van der Waals surface area contributed by atoms with E-state index in [2.05, 4.69) is 24.0 Å². The third-order valence-electron chi connectivity index (χ3n) is 1.73. The molecular weight excluding hydrogens is 232 g/mol. The number of nitrogens with zero attached hydrogens (tertiary/aromatic N) is 2. The zero-order chi connectivity index (χ0) is 11.3. The van der Waals surface area contributed by atoms with Gasteiger partial charge >= 0.3 is 5.97 Å². The second-order valence-corrected chi connectivity index (χ2v) is 5.59. The van der Waals surface area contributed by atoms with Gasteiger partial charge in [0.25, 0.3) is 0 Å². The first-order chi connectivity index (χ1) is 7.17. The Morgan fingerprint density at radius 3 is 2.87 bits per heavy atom. The molecule has 1 aromatic rings. The average molecular weight is 246 g/mol. The van der Waals surface area contributed by atoms with Crippen molar-refractivity contribution >= 4 is 29.1 Å². The third-order valence-corrected chi connectivity index (χ3v) is 3.99. The van der Waals surface area contributed by atoms with Crippen LogP contribution in [0.1, 0.15) is 37.0 Å². The second-order valence-electron chi connectivity index (χ2n) is 2.93. The van der Waals surface area contributed by atoms with Gasteiger partial charge in [-0.1, -0.05) is 36.9 Å². The van der Waals surface area contributed by atoms with Crippen molar-refractivity contribution in [2.24, 2.45) is 0 Å². The molecule has 1 unspecified atom stereocenters. The molecule has 0 N–H and O–H groups in total. The van der Waals surface area contributed by atoms with Crippen molar-refractivity contribution in [3.05, 3.63) is 5.01 Å². The van der Waals surface area contributed by atoms with Crippen LogP contribution < -0.4 is 0 Å². The number of carbonyl (C=O) groups excluding carboxylic acids is 1. The molecule has 0 bridgehead atoms. The van der Waals surface area contributed by atoms with Crippen molar-refractivity contribution in [2.75, 3.05) is 6.61 Å². The van der Waals surface area contributed by atoms with Gasteiger partial charge in [-0.05, 0) is 13.3 Å². The first kappa shape index (κ1) is 12.4. The SMILES string of the molecule is CCOC(=O)c1nnc(SC(C)CC)s1. The first-order valence-electron chi connectivity index (χ1n) is 4.84. The number of carbonyl (C=O) groups is 1. The molecule has 0 fully saturated rings. The fourth-order valence-corrected chi connectivity index (χ4v) is 2.78. The van der Waals surface area contributed by atoms with Gasteiger partial charge in [0.05, 0.1) is 6.61 Å². The van der Waals surface area contributed by atoms with Gasteiger partial charge in [0.1, 0.15) is 0 Å². The van der Waals surface area contributed by atoms with Gasteiger partial charge < -0.3 is 4.74 Å². The van der Waals surface area contributed by atoms with E-state index in [1.54, 1.807) is 18.7 Å². The lowest BCUT2D eigenvalue weighted by molar-refractivity contribution is 0.0525. The van der Waals surface area contributed by atoms with Crippen LogP contribution in [0.5, 0.6) is 0 Å². The van der Waals surface area contributed by atoms with Gasteiger partial charge in [0.15, 0.2) is 4.34 Å². The van der Waals surface area contributed by atoms with Crippen LogP contribution in [0.3, 0.4) is 0 Å². The Kier molecular flexibility index (Phi) is 5.04. The smallest absolute Gasteiger partial charge is 0.369 e. The Balaban J connectivity index is 2.59. The van der Waals surface area contributed by atoms with Crippen LogP contribution in [0, 0.1) is 0 Å². The van der Waals surface area contributed by atoms with Crippen molar-refractivity contribution in [1.82, 2.24) is 10.2 Å². The molecule has 15 heavy (non-hydrogen) atoms. The Bertz CT molecular complexity index is 328. The molecule has 0 saturated heterocycles. The lowest BCUT2D eigenvalue weighted by Gasteiger charge is -2.02. The van der Waals surface area contributed by atoms with Gasteiger partial charge in [0.2, 0.25) is 5.01 Å². The van der Waals surface area contributed by atoms with Crippen molar-refractivity contribution in [2.45, 2.75) is 36.8 Å². The second kappa shape index (κ2) is 6.07. The third kappa shape index (κ3) is 3.79. The number of hydrogen-bond donors (Lipinski definition) is 0. The monoisotopic (exact) mass is 246 g/mol. The van der Waals surface area contributed by atoms with E-state index < -0.39 is 0 Å². The summed E-state index contributed by atoms with van der Waals surface area (Å²) in [6.07, 6.45) is 1.07. The molecule has 0 spiro atoms. The largest absolute Gasteiger partial charge is 0.461 e. The Morgan fingerprint density at radius 2 is 2.27 bits per heavy atom. The number of esters is 1. The van der Waals surface area contributed by atoms with Crippen LogP contribution in [0.2, 0.25) is 0 Å². The average Bonchev–Trinajstić information content (AvgIpc) is 2.66. The number of thioether (sulfide) groups is 1. The highest BCUT2D eigenvalue weighted by atomic mass is 32.2. The standard InChI is InChI=1S/C9H14N2O2S2/c1-4-6(3)14-9-11-10-7(15-9)8(12)13-5-2/h6H,4-5H2,1-3H3. The van der Waals surface area contributed by atoms with Crippen LogP contribution in [0.25, 0.3) is 0 Å². The summed E-state index contributed by atoms with van der Waals surface area (Å²) in [6.45, 7) is 6.38. The number of ether oxygens (including phenoxy) is 1. The highest BCUT2D eigenvalue weighted by Crippen LogP contribution is 2.27. The minimum atomic E-state index is -0.383. The van der Waals surface area contributed by atoms with Crippen LogP contribution in [0.15, 0.2) is 4.34 Å². The molecule has 0 saturated carbocycles. The number of rotatable bonds is 5. The van der Waals surface area contributed by atoms with Crippen LogP contribution in [-0.2, 0) is 4.74 Å². The van der Waals surface area contributed by atoms with E-state index in [0.717, 1.165) is 10.8 Å². The molecule has 0 aromatic carbocycles. The Hall–Kier alpha value is -0.620. The Labute approximate surface area is 97.4 Å². The Morgan fingerprint density at radius 1 is 1.53 bits per heavy atom. The summed E-state index contributed by atoms with van der Waals surface area (Å²) < 4.78 is 5.66. The molecule has 1 heterocycles. The predicted octanol–water partition coefficient (Wildman–Crippen LogP) is 2.61. The molecule has 1 aromatic heterocycles.